The molecule has 1 aromatic heterocycles. The molecule has 0 saturated carbocycles. The maximum atomic E-state index is 8.89. The average molecular weight is 241 g/mol. The van der Waals surface area contributed by atoms with Gasteiger partial charge in [0.15, 0.2) is 0 Å². The predicted molar refractivity (Wildman–Crippen MR) is 65.7 cm³/mol. The van der Waals surface area contributed by atoms with Crippen LogP contribution in [0.5, 0.6) is 0 Å². The highest BCUT2D eigenvalue weighted by Gasteiger charge is 2.23. The molecule has 2 rings (SSSR count). The Hall–Kier alpha value is -0.490. The number of rotatable bonds is 4. The van der Waals surface area contributed by atoms with Crippen molar-refractivity contribution >= 4 is 11.3 Å². The van der Waals surface area contributed by atoms with Crippen molar-refractivity contribution in [3.8, 4) is 0 Å². The number of hydrogen-bond acceptors (Lipinski definition) is 5. The van der Waals surface area contributed by atoms with Crippen molar-refractivity contribution < 1.29 is 5.11 Å². The Morgan fingerprint density at radius 3 is 3.19 bits per heavy atom. The lowest BCUT2D eigenvalue weighted by Crippen LogP contribution is -2.26. The lowest BCUT2D eigenvalue weighted by Gasteiger charge is -2.07. The van der Waals surface area contributed by atoms with Gasteiger partial charge in [0.1, 0.15) is 0 Å². The minimum Gasteiger partial charge on any atom is -0.395 e. The zero-order valence-electron chi connectivity index (χ0n) is 9.59. The van der Waals surface area contributed by atoms with E-state index in [1.165, 1.54) is 12.1 Å². The Morgan fingerprint density at radius 1 is 1.75 bits per heavy atom. The molecule has 2 heterocycles. The summed E-state index contributed by atoms with van der Waals surface area (Å²) in [7, 11) is 2.15. The largest absolute Gasteiger partial charge is 0.395 e. The second-order valence-corrected chi connectivity index (χ2v) is 5.50. The van der Waals surface area contributed by atoms with E-state index in [1.807, 2.05) is 0 Å². The molecule has 16 heavy (non-hydrogen) atoms. The Labute approximate surface area is 100 Å². The van der Waals surface area contributed by atoms with Crippen LogP contribution >= 0.6 is 11.3 Å². The lowest BCUT2D eigenvalue weighted by molar-refractivity contribution is 0.265. The van der Waals surface area contributed by atoms with E-state index in [-0.39, 0.29) is 12.6 Å². The van der Waals surface area contributed by atoms with Gasteiger partial charge in [0.2, 0.25) is 0 Å². The van der Waals surface area contributed by atoms with Crippen LogP contribution in [0.15, 0.2) is 5.38 Å². The van der Waals surface area contributed by atoms with Gasteiger partial charge in [0, 0.05) is 30.3 Å². The van der Waals surface area contributed by atoms with Crippen LogP contribution in [0.3, 0.4) is 0 Å². The molecule has 2 unspecified atom stereocenters. The second-order valence-electron chi connectivity index (χ2n) is 4.56. The van der Waals surface area contributed by atoms with Crippen molar-refractivity contribution in [1.82, 2.24) is 9.88 Å². The highest BCUT2D eigenvalue weighted by Crippen LogP contribution is 2.27. The zero-order chi connectivity index (χ0) is 11.5. The molecule has 0 spiro atoms. The normalized spacial score (nSPS) is 23.8. The first kappa shape index (κ1) is 12.0. The molecule has 1 aromatic rings. The minimum absolute atomic E-state index is 0.0288. The molecular formula is C11H19N3OS. The standard InChI is InChI=1S/C11H19N3OS/c1-14-3-2-8(5-14)10-7-16-11(13-10)4-9(12)6-15/h7-9,15H,2-6,12H2,1H3. The number of thiazole rings is 1. The van der Waals surface area contributed by atoms with Gasteiger partial charge in [0.05, 0.1) is 17.3 Å². The molecule has 90 valence electrons. The molecule has 2 atom stereocenters. The molecule has 1 aliphatic heterocycles. The Balaban J connectivity index is 1.97. The number of likely N-dealkylation sites (tertiary alicyclic amines) is 1. The van der Waals surface area contributed by atoms with Crippen molar-refractivity contribution in [3.05, 3.63) is 16.1 Å². The van der Waals surface area contributed by atoms with E-state index in [2.05, 4.69) is 22.3 Å². The summed E-state index contributed by atoms with van der Waals surface area (Å²) in [6, 6.07) is -0.176. The van der Waals surface area contributed by atoms with Gasteiger partial charge in [-0.3, -0.25) is 0 Å². The monoisotopic (exact) mass is 241 g/mol. The molecule has 3 N–H and O–H groups in total. The van der Waals surface area contributed by atoms with Crippen molar-refractivity contribution in [2.75, 3.05) is 26.7 Å². The fourth-order valence-electron chi connectivity index (χ4n) is 2.07. The van der Waals surface area contributed by atoms with E-state index in [1.54, 1.807) is 11.3 Å². The van der Waals surface area contributed by atoms with E-state index >= 15 is 0 Å². The summed E-state index contributed by atoms with van der Waals surface area (Å²) < 4.78 is 0. The van der Waals surface area contributed by atoms with Gasteiger partial charge in [-0.15, -0.1) is 11.3 Å². The highest BCUT2D eigenvalue weighted by molar-refractivity contribution is 7.09. The van der Waals surface area contributed by atoms with Crippen LogP contribution in [0, 0.1) is 0 Å². The average Bonchev–Trinajstić information content (AvgIpc) is 2.87. The van der Waals surface area contributed by atoms with Crippen LogP contribution in [0.25, 0.3) is 0 Å². The van der Waals surface area contributed by atoms with Crippen molar-refractivity contribution in [2.24, 2.45) is 5.73 Å². The maximum Gasteiger partial charge on any atom is 0.0944 e. The fraction of sp³-hybridized carbons (Fsp3) is 0.727. The third-order valence-electron chi connectivity index (χ3n) is 3.05. The van der Waals surface area contributed by atoms with Gasteiger partial charge >= 0.3 is 0 Å². The predicted octanol–water partition coefficient (Wildman–Crippen LogP) is 0.424. The maximum absolute atomic E-state index is 8.89. The molecule has 0 amide bonds. The number of nitrogens with two attached hydrogens (primary N) is 1. The molecule has 5 heteroatoms. The zero-order valence-corrected chi connectivity index (χ0v) is 10.4. The van der Waals surface area contributed by atoms with Gasteiger partial charge in [-0.1, -0.05) is 0 Å². The smallest absolute Gasteiger partial charge is 0.0944 e. The summed E-state index contributed by atoms with van der Waals surface area (Å²) >= 11 is 1.66. The number of aliphatic hydroxyl groups excluding tert-OH is 1. The van der Waals surface area contributed by atoms with E-state index in [0.717, 1.165) is 18.1 Å². The quantitative estimate of drug-likeness (QED) is 0.802. The Morgan fingerprint density at radius 2 is 2.56 bits per heavy atom. The van der Waals surface area contributed by atoms with E-state index < -0.39 is 0 Å². The van der Waals surface area contributed by atoms with Crippen LogP contribution in [-0.4, -0.2) is 47.8 Å². The summed E-state index contributed by atoms with van der Waals surface area (Å²) in [6.45, 7) is 2.30. The summed E-state index contributed by atoms with van der Waals surface area (Å²) in [5.74, 6) is 0.584. The molecule has 1 fully saturated rings. The van der Waals surface area contributed by atoms with E-state index in [9.17, 15) is 0 Å². The summed E-state index contributed by atoms with van der Waals surface area (Å²) in [5, 5.41) is 12.1. The first-order valence-corrected chi connectivity index (χ1v) is 6.56. The number of aliphatic hydroxyl groups is 1. The van der Waals surface area contributed by atoms with Crippen LogP contribution in [-0.2, 0) is 6.42 Å². The Kier molecular flexibility index (Phi) is 3.91. The first-order valence-electron chi connectivity index (χ1n) is 5.68. The lowest BCUT2D eigenvalue weighted by atomic mass is 10.1. The first-order chi connectivity index (χ1) is 7.69. The molecule has 0 bridgehead atoms. The summed E-state index contributed by atoms with van der Waals surface area (Å²) in [6.07, 6.45) is 1.88. The van der Waals surface area contributed by atoms with Crippen LogP contribution in [0.1, 0.15) is 23.0 Å². The molecule has 1 aliphatic rings. The van der Waals surface area contributed by atoms with Gasteiger partial charge in [-0.05, 0) is 20.0 Å². The fourth-order valence-corrected chi connectivity index (χ4v) is 3.04. The molecule has 0 aromatic carbocycles. The third-order valence-corrected chi connectivity index (χ3v) is 3.94. The molecule has 0 radical (unpaired) electrons. The van der Waals surface area contributed by atoms with Gasteiger partial charge in [-0.25, -0.2) is 4.98 Å². The highest BCUT2D eigenvalue weighted by atomic mass is 32.1. The second kappa shape index (κ2) is 5.23. The molecule has 1 saturated heterocycles. The van der Waals surface area contributed by atoms with Crippen LogP contribution < -0.4 is 5.73 Å². The molecule has 4 nitrogen and oxygen atoms in total. The topological polar surface area (TPSA) is 62.4 Å². The van der Waals surface area contributed by atoms with Crippen LogP contribution in [0.4, 0.5) is 0 Å². The molecular weight excluding hydrogens is 222 g/mol. The van der Waals surface area contributed by atoms with E-state index in [4.69, 9.17) is 10.8 Å². The van der Waals surface area contributed by atoms with Gasteiger partial charge in [0.25, 0.3) is 0 Å². The number of nitrogens with zero attached hydrogens (tertiary/aromatic N) is 2. The van der Waals surface area contributed by atoms with Gasteiger partial charge in [-0.2, -0.15) is 0 Å². The number of aromatic nitrogens is 1. The minimum atomic E-state index is -0.176. The summed E-state index contributed by atoms with van der Waals surface area (Å²) in [4.78, 5) is 6.95. The number of likely N-dealkylation sites (N-methyl/N-ethyl adjacent to an activating group) is 1. The van der Waals surface area contributed by atoms with Crippen molar-refractivity contribution in [2.45, 2.75) is 24.8 Å². The third kappa shape index (κ3) is 2.79. The molecule has 0 aliphatic carbocycles. The van der Waals surface area contributed by atoms with Crippen molar-refractivity contribution in [3.63, 3.8) is 0 Å². The summed E-state index contributed by atoms with van der Waals surface area (Å²) in [5.41, 5.74) is 6.90. The van der Waals surface area contributed by atoms with Crippen molar-refractivity contribution in [1.29, 1.82) is 0 Å². The Bertz CT molecular complexity index is 342. The number of hydrogen-bond donors (Lipinski definition) is 2. The SMILES string of the molecule is CN1CCC(c2csc(CC(N)CO)n2)C1. The van der Waals surface area contributed by atoms with Gasteiger partial charge < -0.3 is 15.7 Å². The van der Waals surface area contributed by atoms with Crippen LogP contribution in [0.2, 0.25) is 0 Å². The van der Waals surface area contributed by atoms with E-state index in [0.29, 0.717) is 12.3 Å².